The molecule has 0 aromatic rings. The first kappa shape index (κ1) is 9.57. The van der Waals surface area contributed by atoms with Crippen LogP contribution < -0.4 is 0 Å². The van der Waals surface area contributed by atoms with Crippen molar-refractivity contribution in [3.63, 3.8) is 0 Å². The van der Waals surface area contributed by atoms with Crippen molar-refractivity contribution in [3.05, 3.63) is 23.3 Å². The highest BCUT2D eigenvalue weighted by molar-refractivity contribution is 5.10. The van der Waals surface area contributed by atoms with Gasteiger partial charge in [0.1, 0.15) is 0 Å². The summed E-state index contributed by atoms with van der Waals surface area (Å²) in [5.41, 5.74) is 3.26. The van der Waals surface area contributed by atoms with Crippen LogP contribution in [0.2, 0.25) is 0 Å². The second-order valence-corrected chi connectivity index (χ2v) is 3.82. The van der Waals surface area contributed by atoms with Crippen molar-refractivity contribution in [1.82, 2.24) is 0 Å². The summed E-state index contributed by atoms with van der Waals surface area (Å²) >= 11 is 0. The molecule has 0 saturated heterocycles. The summed E-state index contributed by atoms with van der Waals surface area (Å²) in [6.07, 6.45) is 12.5. The quantitative estimate of drug-likeness (QED) is 0.470. The molecular weight excluding hydrogens is 144 g/mol. The molecular formula is C12H20. The summed E-state index contributed by atoms with van der Waals surface area (Å²) in [6, 6.07) is 0. The van der Waals surface area contributed by atoms with Gasteiger partial charge in [0.25, 0.3) is 0 Å². The third kappa shape index (κ3) is 3.25. The lowest BCUT2D eigenvalue weighted by molar-refractivity contribution is 0.763. The Morgan fingerprint density at radius 1 is 0.833 bits per heavy atom. The van der Waals surface area contributed by atoms with Gasteiger partial charge in [-0.05, 0) is 52.4 Å². The van der Waals surface area contributed by atoms with Crippen molar-refractivity contribution in [2.75, 3.05) is 0 Å². The molecule has 0 nitrogen and oxygen atoms in total. The minimum Gasteiger partial charge on any atom is -0.0885 e. The minimum atomic E-state index is 1.27. The molecule has 0 heterocycles. The molecule has 0 N–H and O–H groups in total. The second-order valence-electron chi connectivity index (χ2n) is 3.82. The molecule has 0 unspecified atom stereocenters. The SMILES string of the molecule is CC1=C(C)CCCC=CCCC1. The standard InChI is InChI=1S/C12H20/c1-11-9-7-5-3-4-6-8-10-12(11)2/h3-4H,5-10H2,1-2H3. The van der Waals surface area contributed by atoms with Crippen molar-refractivity contribution in [1.29, 1.82) is 0 Å². The summed E-state index contributed by atoms with van der Waals surface area (Å²) in [6.45, 7) is 4.58. The molecule has 0 saturated carbocycles. The summed E-state index contributed by atoms with van der Waals surface area (Å²) in [4.78, 5) is 0. The Bertz CT molecular complexity index is 164. The van der Waals surface area contributed by atoms with Crippen LogP contribution in [0.4, 0.5) is 0 Å². The number of rotatable bonds is 0. The molecule has 0 amide bonds. The van der Waals surface area contributed by atoms with Gasteiger partial charge in [-0.25, -0.2) is 0 Å². The van der Waals surface area contributed by atoms with E-state index in [1.807, 2.05) is 0 Å². The Morgan fingerprint density at radius 3 is 1.67 bits per heavy atom. The van der Waals surface area contributed by atoms with E-state index in [-0.39, 0.29) is 0 Å². The van der Waals surface area contributed by atoms with Crippen molar-refractivity contribution in [2.24, 2.45) is 0 Å². The highest BCUT2D eigenvalue weighted by atomic mass is 14.0. The van der Waals surface area contributed by atoms with Gasteiger partial charge < -0.3 is 0 Å². The van der Waals surface area contributed by atoms with Gasteiger partial charge in [0.2, 0.25) is 0 Å². The molecule has 0 atom stereocenters. The molecule has 0 fully saturated rings. The van der Waals surface area contributed by atoms with Crippen LogP contribution in [-0.4, -0.2) is 0 Å². The summed E-state index contributed by atoms with van der Waals surface area (Å²) in [5.74, 6) is 0. The molecule has 1 aliphatic carbocycles. The van der Waals surface area contributed by atoms with Crippen LogP contribution in [0.5, 0.6) is 0 Å². The normalized spacial score (nSPS) is 21.2. The molecule has 0 aliphatic heterocycles. The lowest BCUT2D eigenvalue weighted by atomic mass is 9.99. The van der Waals surface area contributed by atoms with E-state index in [4.69, 9.17) is 0 Å². The van der Waals surface area contributed by atoms with Crippen LogP contribution in [0.1, 0.15) is 52.4 Å². The maximum atomic E-state index is 2.34. The Labute approximate surface area is 76.4 Å². The smallest absolute Gasteiger partial charge is 0.0318 e. The van der Waals surface area contributed by atoms with Crippen molar-refractivity contribution >= 4 is 0 Å². The summed E-state index contributed by atoms with van der Waals surface area (Å²) in [7, 11) is 0. The first-order valence-electron chi connectivity index (χ1n) is 5.11. The predicted octanol–water partition coefficient (Wildman–Crippen LogP) is 4.23. The largest absolute Gasteiger partial charge is 0.0885 e. The Kier molecular flexibility index (Phi) is 4.13. The maximum Gasteiger partial charge on any atom is -0.0318 e. The molecule has 12 heavy (non-hydrogen) atoms. The van der Waals surface area contributed by atoms with Crippen LogP contribution in [0.3, 0.4) is 0 Å². The minimum absolute atomic E-state index is 1.27. The zero-order valence-electron chi connectivity index (χ0n) is 8.40. The monoisotopic (exact) mass is 164 g/mol. The zero-order chi connectivity index (χ0) is 8.81. The van der Waals surface area contributed by atoms with Crippen molar-refractivity contribution in [3.8, 4) is 0 Å². The number of hydrogen-bond donors (Lipinski definition) is 0. The van der Waals surface area contributed by atoms with E-state index in [2.05, 4.69) is 26.0 Å². The van der Waals surface area contributed by atoms with E-state index in [9.17, 15) is 0 Å². The molecule has 1 rings (SSSR count). The van der Waals surface area contributed by atoms with E-state index in [0.29, 0.717) is 0 Å². The molecule has 0 aromatic carbocycles. The topological polar surface area (TPSA) is 0 Å². The van der Waals surface area contributed by atoms with Gasteiger partial charge in [0.05, 0.1) is 0 Å². The van der Waals surface area contributed by atoms with Crippen molar-refractivity contribution < 1.29 is 0 Å². The Hall–Kier alpha value is -0.520. The summed E-state index contributed by atoms with van der Waals surface area (Å²) < 4.78 is 0. The third-order valence-electron chi connectivity index (χ3n) is 2.74. The molecule has 1 aliphatic rings. The van der Waals surface area contributed by atoms with Gasteiger partial charge in [-0.15, -0.1) is 0 Å². The summed E-state index contributed by atoms with van der Waals surface area (Å²) in [5, 5.41) is 0. The fourth-order valence-electron chi connectivity index (χ4n) is 1.63. The van der Waals surface area contributed by atoms with E-state index in [1.54, 1.807) is 11.1 Å². The van der Waals surface area contributed by atoms with E-state index in [1.165, 1.54) is 38.5 Å². The van der Waals surface area contributed by atoms with Gasteiger partial charge in [0.15, 0.2) is 0 Å². The van der Waals surface area contributed by atoms with Crippen LogP contribution >= 0.6 is 0 Å². The van der Waals surface area contributed by atoms with Gasteiger partial charge in [-0.2, -0.15) is 0 Å². The lowest BCUT2D eigenvalue weighted by Gasteiger charge is -2.08. The fraction of sp³-hybridized carbons (Fsp3) is 0.667. The molecule has 0 bridgehead atoms. The third-order valence-corrected chi connectivity index (χ3v) is 2.74. The fourth-order valence-corrected chi connectivity index (χ4v) is 1.63. The number of allylic oxidation sites excluding steroid dienone is 4. The van der Waals surface area contributed by atoms with Crippen LogP contribution in [0, 0.1) is 0 Å². The molecule has 68 valence electrons. The predicted molar refractivity (Wildman–Crippen MR) is 55.2 cm³/mol. The van der Waals surface area contributed by atoms with Gasteiger partial charge >= 0.3 is 0 Å². The highest BCUT2D eigenvalue weighted by Gasteiger charge is 1.98. The molecule has 0 radical (unpaired) electrons. The van der Waals surface area contributed by atoms with E-state index >= 15 is 0 Å². The lowest BCUT2D eigenvalue weighted by Crippen LogP contribution is -1.87. The number of hydrogen-bond acceptors (Lipinski definition) is 0. The Morgan fingerprint density at radius 2 is 1.25 bits per heavy atom. The molecule has 0 spiro atoms. The Balaban J connectivity index is 2.49. The van der Waals surface area contributed by atoms with Crippen LogP contribution in [-0.2, 0) is 0 Å². The van der Waals surface area contributed by atoms with Gasteiger partial charge in [0, 0.05) is 0 Å². The van der Waals surface area contributed by atoms with Crippen molar-refractivity contribution in [2.45, 2.75) is 52.4 Å². The molecule has 0 heteroatoms. The van der Waals surface area contributed by atoms with Crippen LogP contribution in [0.15, 0.2) is 23.3 Å². The highest BCUT2D eigenvalue weighted by Crippen LogP contribution is 2.18. The zero-order valence-corrected chi connectivity index (χ0v) is 8.40. The first-order chi connectivity index (χ1) is 5.80. The van der Waals surface area contributed by atoms with E-state index in [0.717, 1.165) is 0 Å². The van der Waals surface area contributed by atoms with Gasteiger partial charge in [-0.1, -0.05) is 23.3 Å². The average molecular weight is 164 g/mol. The maximum absolute atomic E-state index is 2.34. The first-order valence-corrected chi connectivity index (χ1v) is 5.11. The second kappa shape index (κ2) is 5.18. The van der Waals surface area contributed by atoms with E-state index < -0.39 is 0 Å². The van der Waals surface area contributed by atoms with Gasteiger partial charge in [-0.3, -0.25) is 0 Å². The average Bonchev–Trinajstić information content (AvgIpc) is 2.08. The van der Waals surface area contributed by atoms with Crippen LogP contribution in [0.25, 0.3) is 0 Å². The molecule has 0 aromatic heterocycles.